The zero-order chi connectivity index (χ0) is 13.2. The number of hydrogen-bond acceptors (Lipinski definition) is 4. The topological polar surface area (TPSA) is 28.2 Å². The molecule has 19 heavy (non-hydrogen) atoms. The van der Waals surface area contributed by atoms with Crippen LogP contribution in [0.1, 0.15) is 42.3 Å². The number of fused-ring (bicyclic) bond motifs is 1. The largest absolute Gasteiger partial charge is 0.310 e. The molecular weight excluding hydrogens is 254 g/mol. The van der Waals surface area contributed by atoms with Crippen LogP contribution in [0.4, 0.5) is 0 Å². The third-order valence-electron chi connectivity index (χ3n) is 3.88. The van der Waals surface area contributed by atoms with Gasteiger partial charge in [-0.15, -0.1) is 11.3 Å². The summed E-state index contributed by atoms with van der Waals surface area (Å²) in [7, 11) is 0. The standard InChI is InChI=1S/C15H25N3S/c1-11(2)9-18-6-5-13-14(10-18)19-15(17-13)8-16-7-12-3-4-12/h11-12,16H,3-10H2,1-2H3. The quantitative estimate of drug-likeness (QED) is 0.868. The van der Waals surface area contributed by atoms with E-state index in [1.807, 2.05) is 11.3 Å². The van der Waals surface area contributed by atoms with Crippen molar-refractivity contribution in [2.75, 3.05) is 19.6 Å². The van der Waals surface area contributed by atoms with Crippen LogP contribution in [0, 0.1) is 11.8 Å². The van der Waals surface area contributed by atoms with Gasteiger partial charge < -0.3 is 5.32 Å². The minimum atomic E-state index is 0.758. The average Bonchev–Trinajstić information content (AvgIpc) is 3.07. The van der Waals surface area contributed by atoms with Gasteiger partial charge in [-0.3, -0.25) is 4.90 Å². The molecule has 2 heterocycles. The molecular formula is C15H25N3S. The summed E-state index contributed by atoms with van der Waals surface area (Å²) in [6, 6.07) is 0. The summed E-state index contributed by atoms with van der Waals surface area (Å²) >= 11 is 1.92. The van der Waals surface area contributed by atoms with Gasteiger partial charge in [-0.1, -0.05) is 13.8 Å². The Balaban J connectivity index is 1.53. The summed E-state index contributed by atoms with van der Waals surface area (Å²) in [6.07, 6.45) is 3.98. The van der Waals surface area contributed by atoms with Crippen LogP contribution >= 0.6 is 11.3 Å². The lowest BCUT2D eigenvalue weighted by atomic mass is 10.1. The molecule has 0 unspecified atom stereocenters. The minimum absolute atomic E-state index is 0.758. The van der Waals surface area contributed by atoms with Crippen molar-refractivity contribution in [3.05, 3.63) is 15.6 Å². The molecule has 0 spiro atoms. The Morgan fingerprint density at radius 3 is 3.00 bits per heavy atom. The first kappa shape index (κ1) is 13.5. The Hall–Kier alpha value is -0.450. The van der Waals surface area contributed by atoms with Crippen molar-refractivity contribution in [3.8, 4) is 0 Å². The molecule has 0 atom stereocenters. The highest BCUT2D eigenvalue weighted by Crippen LogP contribution is 2.28. The molecule has 1 aromatic rings. The molecule has 0 bridgehead atoms. The fraction of sp³-hybridized carbons (Fsp3) is 0.800. The van der Waals surface area contributed by atoms with Crippen molar-refractivity contribution in [3.63, 3.8) is 0 Å². The first-order valence-electron chi connectivity index (χ1n) is 7.61. The van der Waals surface area contributed by atoms with Gasteiger partial charge in [0.25, 0.3) is 0 Å². The maximum atomic E-state index is 4.81. The molecule has 1 fully saturated rings. The lowest BCUT2D eigenvalue weighted by molar-refractivity contribution is 0.228. The van der Waals surface area contributed by atoms with Crippen LogP contribution in [-0.2, 0) is 19.5 Å². The van der Waals surface area contributed by atoms with Crippen LogP contribution in [0.3, 0.4) is 0 Å². The van der Waals surface area contributed by atoms with Crippen molar-refractivity contribution in [2.24, 2.45) is 11.8 Å². The van der Waals surface area contributed by atoms with Gasteiger partial charge in [0.2, 0.25) is 0 Å². The third kappa shape index (κ3) is 3.77. The van der Waals surface area contributed by atoms with E-state index in [0.717, 1.165) is 31.3 Å². The van der Waals surface area contributed by atoms with Gasteiger partial charge in [0.1, 0.15) is 5.01 Å². The first-order valence-corrected chi connectivity index (χ1v) is 8.43. The smallest absolute Gasteiger partial charge is 0.107 e. The van der Waals surface area contributed by atoms with E-state index >= 15 is 0 Å². The normalized spacial score (nSPS) is 19.9. The summed E-state index contributed by atoms with van der Waals surface area (Å²) in [5, 5.41) is 4.84. The van der Waals surface area contributed by atoms with Gasteiger partial charge >= 0.3 is 0 Å². The van der Waals surface area contributed by atoms with Crippen LogP contribution in [0.15, 0.2) is 0 Å². The number of nitrogens with zero attached hydrogens (tertiary/aromatic N) is 2. The van der Waals surface area contributed by atoms with Gasteiger partial charge in [-0.25, -0.2) is 4.98 Å². The fourth-order valence-corrected chi connectivity index (χ4v) is 3.88. The van der Waals surface area contributed by atoms with Crippen molar-refractivity contribution in [1.29, 1.82) is 0 Å². The molecule has 1 aliphatic heterocycles. The second-order valence-corrected chi connectivity index (χ2v) is 7.60. The highest BCUT2D eigenvalue weighted by Gasteiger charge is 2.22. The first-order chi connectivity index (χ1) is 9.20. The predicted molar refractivity (Wildman–Crippen MR) is 80.4 cm³/mol. The monoisotopic (exact) mass is 279 g/mol. The second-order valence-electron chi connectivity index (χ2n) is 6.43. The molecule has 4 heteroatoms. The number of nitrogens with one attached hydrogen (secondary N) is 1. The Bertz CT molecular complexity index is 423. The van der Waals surface area contributed by atoms with Crippen LogP contribution in [0.5, 0.6) is 0 Å². The van der Waals surface area contributed by atoms with Crippen LogP contribution in [-0.4, -0.2) is 29.5 Å². The molecule has 0 saturated heterocycles. The summed E-state index contributed by atoms with van der Waals surface area (Å²) in [4.78, 5) is 8.90. The second kappa shape index (κ2) is 5.90. The maximum absolute atomic E-state index is 4.81. The summed E-state index contributed by atoms with van der Waals surface area (Å²) in [5.74, 6) is 1.71. The summed E-state index contributed by atoms with van der Waals surface area (Å²) in [6.45, 7) is 10.3. The van der Waals surface area contributed by atoms with E-state index in [0.29, 0.717) is 0 Å². The minimum Gasteiger partial charge on any atom is -0.310 e. The van der Waals surface area contributed by atoms with Crippen LogP contribution in [0.25, 0.3) is 0 Å². The highest BCUT2D eigenvalue weighted by molar-refractivity contribution is 7.11. The fourth-order valence-electron chi connectivity index (χ4n) is 2.75. The van der Waals surface area contributed by atoms with E-state index < -0.39 is 0 Å². The molecule has 3 nitrogen and oxygen atoms in total. The molecule has 1 aliphatic carbocycles. The van der Waals surface area contributed by atoms with E-state index in [9.17, 15) is 0 Å². The number of rotatable bonds is 6. The van der Waals surface area contributed by atoms with E-state index in [-0.39, 0.29) is 0 Å². The third-order valence-corrected chi connectivity index (χ3v) is 4.97. The van der Waals surface area contributed by atoms with Crippen LogP contribution < -0.4 is 5.32 Å². The van der Waals surface area contributed by atoms with Crippen molar-refractivity contribution in [1.82, 2.24) is 15.2 Å². The number of hydrogen-bond donors (Lipinski definition) is 1. The molecule has 1 saturated carbocycles. The Morgan fingerprint density at radius 2 is 2.26 bits per heavy atom. The van der Waals surface area contributed by atoms with Crippen molar-refractivity contribution >= 4 is 11.3 Å². The summed E-state index contributed by atoms with van der Waals surface area (Å²) in [5.41, 5.74) is 1.37. The number of thiazole rings is 1. The molecule has 3 rings (SSSR count). The number of aromatic nitrogens is 1. The zero-order valence-electron chi connectivity index (χ0n) is 12.1. The molecule has 2 aliphatic rings. The zero-order valence-corrected chi connectivity index (χ0v) is 12.9. The molecule has 106 valence electrons. The van der Waals surface area contributed by atoms with Gasteiger partial charge in [0.15, 0.2) is 0 Å². The average molecular weight is 279 g/mol. The van der Waals surface area contributed by atoms with E-state index in [1.54, 1.807) is 0 Å². The Morgan fingerprint density at radius 1 is 1.42 bits per heavy atom. The Labute approximate surface area is 120 Å². The van der Waals surface area contributed by atoms with Crippen LogP contribution in [0.2, 0.25) is 0 Å². The molecule has 0 radical (unpaired) electrons. The molecule has 1 N–H and O–H groups in total. The van der Waals surface area contributed by atoms with Gasteiger partial charge in [0, 0.05) is 37.5 Å². The predicted octanol–water partition coefficient (Wildman–Crippen LogP) is 2.66. The highest BCUT2D eigenvalue weighted by atomic mass is 32.1. The van der Waals surface area contributed by atoms with Gasteiger partial charge in [-0.2, -0.15) is 0 Å². The molecule has 1 aromatic heterocycles. The van der Waals surface area contributed by atoms with E-state index in [1.165, 1.54) is 48.1 Å². The lowest BCUT2D eigenvalue weighted by Gasteiger charge is -2.27. The van der Waals surface area contributed by atoms with Gasteiger partial charge in [0.05, 0.1) is 5.69 Å². The molecule has 0 amide bonds. The van der Waals surface area contributed by atoms with Gasteiger partial charge in [-0.05, 0) is 31.2 Å². The molecule has 0 aromatic carbocycles. The van der Waals surface area contributed by atoms with E-state index in [4.69, 9.17) is 4.98 Å². The van der Waals surface area contributed by atoms with Crippen molar-refractivity contribution in [2.45, 2.75) is 46.2 Å². The summed E-state index contributed by atoms with van der Waals surface area (Å²) < 4.78 is 0. The maximum Gasteiger partial charge on any atom is 0.107 e. The SMILES string of the molecule is CC(C)CN1CCc2nc(CNCC3CC3)sc2C1. The van der Waals surface area contributed by atoms with E-state index in [2.05, 4.69) is 24.1 Å². The lowest BCUT2D eigenvalue weighted by Crippen LogP contribution is -2.32. The Kier molecular flexibility index (Phi) is 4.20. The van der Waals surface area contributed by atoms with Crippen molar-refractivity contribution < 1.29 is 0 Å².